The van der Waals surface area contributed by atoms with Gasteiger partial charge in [-0.3, -0.25) is 9.59 Å². The summed E-state index contributed by atoms with van der Waals surface area (Å²) in [6.45, 7) is 5.32. The van der Waals surface area contributed by atoms with Crippen molar-refractivity contribution in [2.45, 2.75) is 51.1 Å². The molecule has 3 rings (SSSR count). The van der Waals surface area contributed by atoms with E-state index < -0.39 is 0 Å². The number of hydrogen-bond donors (Lipinski definition) is 1. The summed E-state index contributed by atoms with van der Waals surface area (Å²) in [6, 6.07) is 19.6. The second-order valence-corrected chi connectivity index (χ2v) is 7.88. The third kappa shape index (κ3) is 4.76. The van der Waals surface area contributed by atoms with Crippen molar-refractivity contribution in [3.05, 3.63) is 71.8 Å². The highest BCUT2D eigenvalue weighted by molar-refractivity contribution is 5.88. The second-order valence-electron chi connectivity index (χ2n) is 7.88. The fraction of sp³-hybridized carbons (Fsp3) is 0.391. The zero-order chi connectivity index (χ0) is 19.3. The summed E-state index contributed by atoms with van der Waals surface area (Å²) in [7, 11) is 0. The van der Waals surface area contributed by atoms with Crippen molar-refractivity contribution < 1.29 is 9.59 Å². The second kappa shape index (κ2) is 8.38. The van der Waals surface area contributed by atoms with Crippen LogP contribution in [0.4, 0.5) is 0 Å². The highest BCUT2D eigenvalue weighted by atomic mass is 16.2. The molecule has 0 aliphatic carbocycles. The molecule has 0 saturated carbocycles. The molecule has 1 fully saturated rings. The van der Waals surface area contributed by atoms with Gasteiger partial charge in [0.25, 0.3) is 0 Å². The van der Waals surface area contributed by atoms with Crippen molar-refractivity contribution in [2.75, 3.05) is 6.54 Å². The van der Waals surface area contributed by atoms with Gasteiger partial charge in [0.2, 0.25) is 11.8 Å². The van der Waals surface area contributed by atoms with Crippen molar-refractivity contribution in [1.29, 1.82) is 0 Å². The van der Waals surface area contributed by atoms with Gasteiger partial charge in [0.05, 0.1) is 0 Å². The summed E-state index contributed by atoms with van der Waals surface area (Å²) in [6.07, 6.45) is 2.01. The van der Waals surface area contributed by atoms with E-state index in [1.807, 2.05) is 48.5 Å². The lowest BCUT2D eigenvalue weighted by molar-refractivity contribution is -0.139. The van der Waals surface area contributed by atoms with E-state index in [2.05, 4.69) is 31.3 Å². The largest absolute Gasteiger partial charge is 0.350 e. The fourth-order valence-corrected chi connectivity index (χ4v) is 3.71. The zero-order valence-corrected chi connectivity index (χ0v) is 16.2. The van der Waals surface area contributed by atoms with E-state index >= 15 is 0 Å². The quantitative estimate of drug-likeness (QED) is 0.850. The highest BCUT2D eigenvalue weighted by Gasteiger charge is 2.36. The van der Waals surface area contributed by atoms with Gasteiger partial charge in [0.15, 0.2) is 0 Å². The number of nitrogens with one attached hydrogen (secondary N) is 1. The Labute approximate surface area is 161 Å². The highest BCUT2D eigenvalue weighted by Crippen LogP contribution is 2.29. The number of benzene rings is 2. The van der Waals surface area contributed by atoms with Gasteiger partial charge in [0.1, 0.15) is 6.04 Å². The van der Waals surface area contributed by atoms with E-state index in [1.54, 1.807) is 4.90 Å². The Hall–Kier alpha value is -2.62. The molecule has 0 radical (unpaired) electrons. The van der Waals surface area contributed by atoms with Gasteiger partial charge in [-0.2, -0.15) is 0 Å². The predicted octanol–water partition coefficient (Wildman–Crippen LogP) is 3.66. The minimum Gasteiger partial charge on any atom is -0.350 e. The van der Waals surface area contributed by atoms with Crippen LogP contribution in [0.25, 0.3) is 0 Å². The monoisotopic (exact) mass is 364 g/mol. The molecule has 2 aromatic rings. The van der Waals surface area contributed by atoms with Crippen molar-refractivity contribution >= 4 is 11.8 Å². The van der Waals surface area contributed by atoms with Crippen LogP contribution >= 0.6 is 0 Å². The van der Waals surface area contributed by atoms with Crippen LogP contribution in [0.5, 0.6) is 0 Å². The molecule has 0 spiro atoms. The van der Waals surface area contributed by atoms with Crippen LogP contribution in [0, 0.1) is 0 Å². The van der Waals surface area contributed by atoms with Crippen molar-refractivity contribution in [2.24, 2.45) is 0 Å². The molecule has 27 heavy (non-hydrogen) atoms. The smallest absolute Gasteiger partial charge is 0.243 e. The molecule has 2 aromatic carbocycles. The van der Waals surface area contributed by atoms with E-state index in [4.69, 9.17) is 0 Å². The first-order valence-corrected chi connectivity index (χ1v) is 9.64. The number of likely N-dealkylation sites (tertiary alicyclic amines) is 1. The minimum atomic E-state index is -0.354. The van der Waals surface area contributed by atoms with E-state index in [0.717, 1.165) is 24.0 Å². The Morgan fingerprint density at radius 2 is 1.67 bits per heavy atom. The maximum atomic E-state index is 13.0. The molecule has 4 nitrogen and oxygen atoms in total. The summed E-state index contributed by atoms with van der Waals surface area (Å²) in [5.41, 5.74) is 1.95. The molecule has 0 unspecified atom stereocenters. The maximum absolute atomic E-state index is 13.0. The lowest BCUT2D eigenvalue weighted by Gasteiger charge is -2.30. The maximum Gasteiger partial charge on any atom is 0.243 e. The molecule has 0 bridgehead atoms. The molecule has 1 aliphatic rings. The van der Waals surface area contributed by atoms with Crippen LogP contribution in [-0.4, -0.2) is 29.3 Å². The van der Waals surface area contributed by atoms with Crippen LogP contribution < -0.4 is 5.32 Å². The van der Waals surface area contributed by atoms with Crippen molar-refractivity contribution in [3.8, 4) is 0 Å². The molecule has 1 atom stereocenters. The Morgan fingerprint density at radius 3 is 2.33 bits per heavy atom. The number of rotatable bonds is 6. The van der Waals surface area contributed by atoms with Crippen LogP contribution in [0.15, 0.2) is 60.7 Å². The molecular formula is C23H28N2O2. The first-order valence-electron chi connectivity index (χ1n) is 9.64. The topological polar surface area (TPSA) is 49.4 Å². The van der Waals surface area contributed by atoms with E-state index in [1.165, 1.54) is 0 Å². The molecule has 1 heterocycles. The Morgan fingerprint density at radius 1 is 1.04 bits per heavy atom. The zero-order valence-electron chi connectivity index (χ0n) is 16.2. The van der Waals surface area contributed by atoms with E-state index in [0.29, 0.717) is 19.5 Å². The average molecular weight is 364 g/mol. The molecule has 142 valence electrons. The molecule has 1 saturated heterocycles. The third-order valence-electron chi connectivity index (χ3n) is 5.33. The van der Waals surface area contributed by atoms with Gasteiger partial charge in [-0.25, -0.2) is 0 Å². The number of amides is 2. The summed E-state index contributed by atoms with van der Waals surface area (Å²) in [5.74, 6) is 0.00318. The lowest BCUT2D eigenvalue weighted by atomic mass is 9.81. The summed E-state index contributed by atoms with van der Waals surface area (Å²) in [4.78, 5) is 27.4. The van der Waals surface area contributed by atoms with Gasteiger partial charge in [-0.15, -0.1) is 0 Å². The van der Waals surface area contributed by atoms with Crippen LogP contribution in [0.3, 0.4) is 0 Å². The predicted molar refractivity (Wildman–Crippen MR) is 107 cm³/mol. The van der Waals surface area contributed by atoms with Crippen LogP contribution in [0.2, 0.25) is 0 Å². The molecule has 4 heteroatoms. The number of hydrogen-bond acceptors (Lipinski definition) is 2. The first-order chi connectivity index (χ1) is 13.0. The Balaban J connectivity index is 1.61. The van der Waals surface area contributed by atoms with Crippen LogP contribution in [0.1, 0.15) is 44.2 Å². The van der Waals surface area contributed by atoms with Gasteiger partial charge in [-0.1, -0.05) is 74.5 Å². The fourth-order valence-electron chi connectivity index (χ4n) is 3.71. The third-order valence-corrected chi connectivity index (χ3v) is 5.33. The molecule has 2 amide bonds. The first kappa shape index (κ1) is 19.2. The normalized spacial score (nSPS) is 17.0. The lowest BCUT2D eigenvalue weighted by Crippen LogP contribution is -2.47. The standard InChI is InChI=1S/C23H28N2O2/c1-23(2,19-12-7-4-8-13-19)16-21(26)25-15-9-14-20(25)22(27)24-17-18-10-5-3-6-11-18/h3-8,10-13,20H,9,14-17H2,1-2H3,(H,24,27)/t20-/m1/s1. The summed E-state index contributed by atoms with van der Waals surface area (Å²) >= 11 is 0. The minimum absolute atomic E-state index is 0.0535. The van der Waals surface area contributed by atoms with Crippen LogP contribution in [-0.2, 0) is 21.5 Å². The number of nitrogens with zero attached hydrogens (tertiary/aromatic N) is 1. The van der Waals surface area contributed by atoms with Crippen molar-refractivity contribution in [3.63, 3.8) is 0 Å². The van der Waals surface area contributed by atoms with E-state index in [9.17, 15) is 9.59 Å². The summed E-state index contributed by atoms with van der Waals surface area (Å²) < 4.78 is 0. The van der Waals surface area contributed by atoms with Gasteiger partial charge >= 0.3 is 0 Å². The SMILES string of the molecule is CC(C)(CC(=O)N1CCC[C@@H]1C(=O)NCc1ccccc1)c1ccccc1. The number of carbonyl (C=O) groups is 2. The van der Waals surface area contributed by atoms with Gasteiger partial charge < -0.3 is 10.2 Å². The molecule has 0 aromatic heterocycles. The van der Waals surface area contributed by atoms with E-state index in [-0.39, 0.29) is 23.3 Å². The molecular weight excluding hydrogens is 336 g/mol. The Kier molecular flexibility index (Phi) is 5.94. The summed E-state index contributed by atoms with van der Waals surface area (Å²) in [5, 5.41) is 2.99. The molecule has 1 N–H and O–H groups in total. The van der Waals surface area contributed by atoms with Gasteiger partial charge in [-0.05, 0) is 29.4 Å². The molecule has 1 aliphatic heterocycles. The van der Waals surface area contributed by atoms with Crippen molar-refractivity contribution in [1.82, 2.24) is 10.2 Å². The number of carbonyl (C=O) groups excluding carboxylic acids is 2. The van der Waals surface area contributed by atoms with Gasteiger partial charge in [0, 0.05) is 19.5 Å². The Bertz CT molecular complexity index is 771. The average Bonchev–Trinajstić information content (AvgIpc) is 3.17.